The third-order valence-corrected chi connectivity index (χ3v) is 3.77. The highest BCUT2D eigenvalue weighted by atomic mass is 35.5. The van der Waals surface area contributed by atoms with E-state index in [4.69, 9.17) is 11.6 Å². The first-order valence-corrected chi connectivity index (χ1v) is 6.68. The Balaban J connectivity index is 2.68. The molecule has 2 rings (SSSR count). The average Bonchev–Trinajstić information content (AvgIpc) is 2.36. The Bertz CT molecular complexity index is 678. The first-order chi connectivity index (χ1) is 9.82. The van der Waals surface area contributed by atoms with E-state index in [1.807, 2.05) is 0 Å². The van der Waals surface area contributed by atoms with E-state index in [1.54, 1.807) is 38.1 Å². The maximum atomic E-state index is 11.6. The van der Waals surface area contributed by atoms with Crippen LogP contribution < -0.4 is 0 Å². The lowest BCUT2D eigenvalue weighted by atomic mass is 9.76. The van der Waals surface area contributed by atoms with Crippen molar-refractivity contribution in [3.05, 3.63) is 46.1 Å². The van der Waals surface area contributed by atoms with Gasteiger partial charge in [0.25, 0.3) is 0 Å². The summed E-state index contributed by atoms with van der Waals surface area (Å²) in [5.41, 5.74) is 1.26. The highest BCUT2D eigenvalue weighted by Gasteiger charge is 2.40. The zero-order valence-electron chi connectivity index (χ0n) is 11.5. The van der Waals surface area contributed by atoms with Crippen LogP contribution in [0.15, 0.2) is 40.5 Å². The van der Waals surface area contributed by atoms with Gasteiger partial charge in [0.2, 0.25) is 0 Å². The van der Waals surface area contributed by atoms with Crippen molar-refractivity contribution < 1.29 is 19.8 Å². The Kier molecular flexibility index (Phi) is 4.14. The van der Waals surface area contributed by atoms with Crippen molar-refractivity contribution in [1.82, 2.24) is 0 Å². The van der Waals surface area contributed by atoms with E-state index in [0.717, 1.165) is 0 Å². The van der Waals surface area contributed by atoms with Crippen LogP contribution in [0.25, 0.3) is 0 Å². The largest absolute Gasteiger partial charge is 0.481 e. The fourth-order valence-corrected chi connectivity index (χ4v) is 2.89. The Labute approximate surface area is 126 Å². The van der Waals surface area contributed by atoms with Gasteiger partial charge < -0.3 is 10.2 Å². The van der Waals surface area contributed by atoms with E-state index in [0.29, 0.717) is 22.0 Å². The van der Waals surface area contributed by atoms with Crippen LogP contribution in [0.4, 0.5) is 0 Å². The molecule has 0 aromatic heterocycles. The van der Waals surface area contributed by atoms with Crippen molar-refractivity contribution in [3.8, 4) is 0 Å². The monoisotopic (exact) mass is 307 g/mol. The predicted octanol–water partition coefficient (Wildman–Crippen LogP) is 2.96. The minimum Gasteiger partial charge on any atom is -0.481 e. The lowest BCUT2D eigenvalue weighted by molar-refractivity contribution is -0.140. The van der Waals surface area contributed by atoms with Crippen LogP contribution in [0, 0.1) is 5.92 Å². The zero-order valence-corrected chi connectivity index (χ0v) is 12.3. The molecule has 2 atom stereocenters. The minimum atomic E-state index is -1.17. The van der Waals surface area contributed by atoms with Crippen molar-refractivity contribution in [2.75, 3.05) is 0 Å². The summed E-state index contributed by atoms with van der Waals surface area (Å²) in [5.74, 6) is -4.10. The summed E-state index contributed by atoms with van der Waals surface area (Å²) < 4.78 is 0. The number of hydrogen-bond acceptors (Lipinski definition) is 3. The van der Waals surface area contributed by atoms with E-state index in [9.17, 15) is 19.8 Å². The first-order valence-electron chi connectivity index (χ1n) is 6.30. The van der Waals surface area contributed by atoms with E-state index in [2.05, 4.69) is 4.99 Å². The molecule has 21 heavy (non-hydrogen) atoms. The number of benzene rings is 1. The predicted molar refractivity (Wildman–Crippen MR) is 78.8 cm³/mol. The van der Waals surface area contributed by atoms with Crippen LogP contribution in [0.1, 0.15) is 25.3 Å². The Hall–Kier alpha value is -2.14. The molecule has 1 aromatic carbocycles. The number of allylic oxidation sites excluding steroid dienone is 1. The first kappa shape index (κ1) is 15.3. The van der Waals surface area contributed by atoms with Crippen LogP contribution in [0.2, 0.25) is 5.02 Å². The van der Waals surface area contributed by atoms with Gasteiger partial charge in [0.05, 0.1) is 5.57 Å². The van der Waals surface area contributed by atoms with Crippen LogP contribution in [0.5, 0.6) is 0 Å². The third kappa shape index (κ3) is 2.83. The molecule has 0 saturated carbocycles. The van der Waals surface area contributed by atoms with E-state index in [-0.39, 0.29) is 5.57 Å². The standard InChI is InChI=1S/C15H14ClNO4/c1-7-11(14(18)19)13(9-4-3-5-10(16)6-9)12(15(20)21)8(2)17-7/h3-6,11,13H,1-2H3,(H,18,19)(H,20,21). The molecule has 110 valence electrons. The third-order valence-electron chi connectivity index (χ3n) is 3.53. The number of aliphatic imine (C=N–C) groups is 1. The molecule has 1 aliphatic rings. The topological polar surface area (TPSA) is 87.0 Å². The summed E-state index contributed by atoms with van der Waals surface area (Å²) in [6.45, 7) is 3.17. The number of carbonyl (C=O) groups is 2. The zero-order chi connectivity index (χ0) is 15.7. The number of aliphatic carboxylic acids is 2. The molecule has 1 heterocycles. The van der Waals surface area contributed by atoms with Gasteiger partial charge in [-0.1, -0.05) is 23.7 Å². The molecule has 0 spiro atoms. The lowest BCUT2D eigenvalue weighted by Gasteiger charge is -2.29. The highest BCUT2D eigenvalue weighted by molar-refractivity contribution is 6.30. The van der Waals surface area contributed by atoms with Crippen LogP contribution >= 0.6 is 11.6 Å². The lowest BCUT2D eigenvalue weighted by Crippen LogP contribution is -2.34. The smallest absolute Gasteiger partial charge is 0.334 e. The second-order valence-corrected chi connectivity index (χ2v) is 5.34. The molecule has 1 aliphatic heterocycles. The maximum absolute atomic E-state index is 11.6. The Morgan fingerprint density at radius 1 is 1.24 bits per heavy atom. The molecule has 0 bridgehead atoms. The molecule has 1 aromatic rings. The van der Waals surface area contributed by atoms with Gasteiger partial charge in [0.15, 0.2) is 0 Å². The van der Waals surface area contributed by atoms with Crippen LogP contribution in [0.3, 0.4) is 0 Å². The number of nitrogens with zero attached hydrogens (tertiary/aromatic N) is 1. The van der Waals surface area contributed by atoms with Gasteiger partial charge in [-0.3, -0.25) is 9.79 Å². The maximum Gasteiger partial charge on any atom is 0.334 e. The average molecular weight is 308 g/mol. The molecule has 6 heteroatoms. The van der Waals surface area contributed by atoms with Gasteiger partial charge >= 0.3 is 11.9 Å². The summed E-state index contributed by atoms with van der Waals surface area (Å²) in [6.07, 6.45) is 0. The minimum absolute atomic E-state index is 0.00438. The number of carboxylic acids is 2. The fourth-order valence-electron chi connectivity index (χ4n) is 2.70. The molecule has 2 unspecified atom stereocenters. The van der Waals surface area contributed by atoms with E-state index in [1.165, 1.54) is 0 Å². The van der Waals surface area contributed by atoms with Gasteiger partial charge in [-0.25, -0.2) is 4.79 Å². The van der Waals surface area contributed by atoms with E-state index < -0.39 is 23.8 Å². The molecule has 2 N–H and O–H groups in total. The number of hydrogen-bond donors (Lipinski definition) is 2. The quantitative estimate of drug-likeness (QED) is 0.898. The normalized spacial score (nSPS) is 22.0. The molecule has 0 saturated heterocycles. The molecular weight excluding hydrogens is 294 g/mol. The second-order valence-electron chi connectivity index (χ2n) is 4.91. The molecule has 5 nitrogen and oxygen atoms in total. The van der Waals surface area contributed by atoms with Crippen molar-refractivity contribution in [2.24, 2.45) is 10.9 Å². The van der Waals surface area contributed by atoms with Gasteiger partial charge in [-0.2, -0.15) is 0 Å². The number of carboxylic acid groups (broad SMARTS) is 2. The van der Waals surface area contributed by atoms with Crippen molar-refractivity contribution >= 4 is 29.3 Å². The summed E-state index contributed by atoms with van der Waals surface area (Å²) in [6, 6.07) is 6.60. The molecule has 0 aliphatic carbocycles. The Morgan fingerprint density at radius 2 is 1.90 bits per heavy atom. The fraction of sp³-hybridized carbons (Fsp3) is 0.267. The summed E-state index contributed by atoms with van der Waals surface area (Å²) >= 11 is 5.95. The van der Waals surface area contributed by atoms with Crippen molar-refractivity contribution in [3.63, 3.8) is 0 Å². The van der Waals surface area contributed by atoms with Gasteiger partial charge in [-0.15, -0.1) is 0 Å². The number of rotatable bonds is 3. The molecule has 0 radical (unpaired) electrons. The Morgan fingerprint density at radius 3 is 2.43 bits per heavy atom. The molecule has 0 fully saturated rings. The van der Waals surface area contributed by atoms with Crippen LogP contribution in [-0.4, -0.2) is 27.9 Å². The van der Waals surface area contributed by atoms with Crippen molar-refractivity contribution in [2.45, 2.75) is 19.8 Å². The second kappa shape index (κ2) is 5.69. The van der Waals surface area contributed by atoms with Gasteiger partial charge in [0.1, 0.15) is 5.92 Å². The highest BCUT2D eigenvalue weighted by Crippen LogP contribution is 2.39. The SMILES string of the molecule is CC1=NC(C)=C(C(=O)O)C(c2cccc(Cl)c2)C1C(=O)O. The summed E-state index contributed by atoms with van der Waals surface area (Å²) in [5, 5.41) is 19.3. The van der Waals surface area contributed by atoms with Crippen molar-refractivity contribution in [1.29, 1.82) is 0 Å². The van der Waals surface area contributed by atoms with Gasteiger partial charge in [0, 0.05) is 22.3 Å². The van der Waals surface area contributed by atoms with Crippen LogP contribution in [-0.2, 0) is 9.59 Å². The van der Waals surface area contributed by atoms with Gasteiger partial charge in [-0.05, 0) is 31.5 Å². The molecule has 0 amide bonds. The number of halogens is 1. The van der Waals surface area contributed by atoms with E-state index >= 15 is 0 Å². The molecular formula is C15H14ClNO4. The summed E-state index contributed by atoms with van der Waals surface area (Å²) in [4.78, 5) is 27.2. The summed E-state index contributed by atoms with van der Waals surface area (Å²) in [7, 11) is 0.